The monoisotopic (exact) mass is 315 g/mol. The second kappa shape index (κ2) is 6.73. The number of hydrogen-bond donors (Lipinski definition) is 0. The minimum atomic E-state index is -0.555. The molecule has 100 valence electrons. The van der Waals surface area contributed by atoms with Crippen LogP contribution in [-0.2, 0) is 9.53 Å². The van der Waals surface area contributed by atoms with Crippen LogP contribution < -0.4 is 5.56 Å². The van der Waals surface area contributed by atoms with Gasteiger partial charge < -0.3 is 9.30 Å². The van der Waals surface area contributed by atoms with E-state index in [1.54, 1.807) is 12.3 Å². The zero-order valence-electron chi connectivity index (χ0n) is 10.9. The molecule has 0 spiro atoms. The lowest BCUT2D eigenvalue weighted by Crippen LogP contribution is -2.31. The Labute approximate surface area is 115 Å². The average Bonchev–Trinajstić information content (AvgIpc) is 2.33. The summed E-state index contributed by atoms with van der Waals surface area (Å²) in [5.41, 5.74) is 0.712. The van der Waals surface area contributed by atoms with Crippen LogP contribution in [0.5, 0.6) is 0 Å². The molecule has 0 saturated heterocycles. The van der Waals surface area contributed by atoms with Crippen LogP contribution >= 0.6 is 15.9 Å². The molecule has 0 radical (unpaired) electrons. The smallest absolute Gasteiger partial charge is 0.329 e. The Hall–Kier alpha value is -1.10. The molecule has 0 bridgehead atoms. The van der Waals surface area contributed by atoms with Gasteiger partial charge in [0.25, 0.3) is 5.56 Å². The third-order valence-corrected chi connectivity index (χ3v) is 3.15. The van der Waals surface area contributed by atoms with Crippen LogP contribution in [-0.4, -0.2) is 17.1 Å². The van der Waals surface area contributed by atoms with Gasteiger partial charge in [0.1, 0.15) is 6.04 Å². The molecule has 1 aromatic heterocycles. The maximum absolute atomic E-state index is 12.0. The van der Waals surface area contributed by atoms with Gasteiger partial charge in [0.05, 0.1) is 11.1 Å². The van der Waals surface area contributed by atoms with Crippen molar-refractivity contribution in [3.05, 3.63) is 32.7 Å². The third-order valence-electron chi connectivity index (χ3n) is 2.58. The largest absolute Gasteiger partial charge is 0.464 e. The minimum absolute atomic E-state index is 0.208. The molecule has 0 aromatic carbocycles. The first-order valence-electron chi connectivity index (χ1n) is 6.06. The molecule has 1 unspecified atom stereocenters. The van der Waals surface area contributed by atoms with Crippen molar-refractivity contribution in [3.63, 3.8) is 0 Å². The highest BCUT2D eigenvalue weighted by atomic mass is 79.9. The minimum Gasteiger partial charge on any atom is -0.464 e. The first kappa shape index (κ1) is 15.0. The summed E-state index contributed by atoms with van der Waals surface area (Å²) < 4.78 is 7.02. The molecular weight excluding hydrogens is 298 g/mol. The Kier molecular flexibility index (Phi) is 5.59. The molecule has 1 rings (SSSR count). The molecule has 4 nitrogen and oxygen atoms in total. The van der Waals surface area contributed by atoms with Crippen molar-refractivity contribution in [2.24, 2.45) is 0 Å². The lowest BCUT2D eigenvalue weighted by atomic mass is 10.2. The molecule has 18 heavy (non-hydrogen) atoms. The fourth-order valence-electron chi connectivity index (χ4n) is 1.71. The summed E-state index contributed by atoms with van der Waals surface area (Å²) in [4.78, 5) is 23.9. The SMILES string of the molecule is CCCOC(=O)C(CC)n1cc(C)cc(Br)c1=O. The van der Waals surface area contributed by atoms with Gasteiger partial charge in [0.15, 0.2) is 0 Å². The molecule has 0 aliphatic carbocycles. The molecule has 1 aromatic rings. The van der Waals surface area contributed by atoms with Gasteiger partial charge in [-0.15, -0.1) is 0 Å². The van der Waals surface area contributed by atoms with Crippen LogP contribution in [0.25, 0.3) is 0 Å². The van der Waals surface area contributed by atoms with Crippen LogP contribution in [0.15, 0.2) is 21.5 Å². The zero-order valence-corrected chi connectivity index (χ0v) is 12.5. The van der Waals surface area contributed by atoms with Crippen molar-refractivity contribution in [1.82, 2.24) is 4.57 Å². The van der Waals surface area contributed by atoms with Crippen molar-refractivity contribution in [1.29, 1.82) is 0 Å². The summed E-state index contributed by atoms with van der Waals surface area (Å²) in [6, 6.07) is 1.18. The first-order chi connectivity index (χ1) is 8.51. The second-order valence-corrected chi connectivity index (χ2v) is 5.02. The van der Waals surface area contributed by atoms with Crippen molar-refractivity contribution in [2.45, 2.75) is 39.7 Å². The maximum atomic E-state index is 12.0. The van der Waals surface area contributed by atoms with Crippen LogP contribution in [0.2, 0.25) is 0 Å². The second-order valence-electron chi connectivity index (χ2n) is 4.17. The van der Waals surface area contributed by atoms with E-state index in [2.05, 4.69) is 15.9 Å². The van der Waals surface area contributed by atoms with Gasteiger partial charge in [-0.25, -0.2) is 4.79 Å². The highest BCUT2D eigenvalue weighted by Gasteiger charge is 2.21. The van der Waals surface area contributed by atoms with E-state index in [0.29, 0.717) is 17.5 Å². The number of halogens is 1. The number of carbonyl (C=O) groups is 1. The van der Waals surface area contributed by atoms with E-state index in [9.17, 15) is 9.59 Å². The average molecular weight is 316 g/mol. The number of esters is 1. The number of carbonyl (C=O) groups excluding carboxylic acids is 1. The number of rotatable bonds is 5. The summed E-state index contributed by atoms with van der Waals surface area (Å²) in [7, 11) is 0. The van der Waals surface area contributed by atoms with Crippen molar-refractivity contribution in [3.8, 4) is 0 Å². The Bertz CT molecular complexity index is 482. The van der Waals surface area contributed by atoms with E-state index < -0.39 is 6.04 Å². The molecule has 0 N–H and O–H groups in total. The summed E-state index contributed by atoms with van der Waals surface area (Å²) in [6.07, 6.45) is 2.99. The molecule has 0 amide bonds. The van der Waals surface area contributed by atoms with Crippen LogP contribution in [0, 0.1) is 6.92 Å². The number of ether oxygens (including phenoxy) is 1. The van der Waals surface area contributed by atoms with Crippen molar-refractivity contribution in [2.75, 3.05) is 6.61 Å². The van der Waals surface area contributed by atoms with Gasteiger partial charge in [-0.2, -0.15) is 0 Å². The van der Waals surface area contributed by atoms with Gasteiger partial charge in [-0.05, 0) is 47.3 Å². The molecule has 1 heterocycles. The zero-order chi connectivity index (χ0) is 13.7. The number of aromatic nitrogens is 1. The first-order valence-corrected chi connectivity index (χ1v) is 6.85. The fraction of sp³-hybridized carbons (Fsp3) is 0.538. The van der Waals surface area contributed by atoms with E-state index in [0.717, 1.165) is 12.0 Å². The van der Waals surface area contributed by atoms with Gasteiger partial charge in [0, 0.05) is 6.20 Å². The van der Waals surface area contributed by atoms with Crippen LogP contribution in [0.1, 0.15) is 38.3 Å². The van der Waals surface area contributed by atoms with E-state index >= 15 is 0 Å². The van der Waals surface area contributed by atoms with E-state index in [4.69, 9.17) is 4.74 Å². The predicted molar refractivity (Wildman–Crippen MR) is 73.7 cm³/mol. The molecule has 0 fully saturated rings. The Morgan fingerprint density at radius 1 is 1.50 bits per heavy atom. The molecule has 0 saturated carbocycles. The lowest BCUT2D eigenvalue weighted by Gasteiger charge is -2.17. The lowest BCUT2D eigenvalue weighted by molar-refractivity contribution is -0.147. The van der Waals surface area contributed by atoms with E-state index in [1.807, 2.05) is 20.8 Å². The topological polar surface area (TPSA) is 48.3 Å². The summed E-state index contributed by atoms with van der Waals surface area (Å²) >= 11 is 3.21. The molecule has 0 aliphatic rings. The number of aryl methyl sites for hydroxylation is 1. The van der Waals surface area contributed by atoms with Crippen LogP contribution in [0.4, 0.5) is 0 Å². The number of nitrogens with zero attached hydrogens (tertiary/aromatic N) is 1. The quantitative estimate of drug-likeness (QED) is 0.785. The summed E-state index contributed by atoms with van der Waals surface area (Å²) in [5.74, 6) is -0.348. The number of hydrogen-bond acceptors (Lipinski definition) is 3. The standard InChI is InChI=1S/C13H18BrNO3/c1-4-6-18-13(17)11(5-2)15-8-9(3)7-10(14)12(15)16/h7-8,11H,4-6H2,1-3H3. The van der Waals surface area contributed by atoms with Crippen molar-refractivity contribution >= 4 is 21.9 Å². The molecule has 0 aliphatic heterocycles. The third kappa shape index (κ3) is 3.45. The normalized spacial score (nSPS) is 12.2. The molecule has 5 heteroatoms. The Morgan fingerprint density at radius 2 is 2.17 bits per heavy atom. The van der Waals surface area contributed by atoms with Crippen molar-refractivity contribution < 1.29 is 9.53 Å². The predicted octanol–water partition coefficient (Wildman–Crippen LogP) is 2.82. The number of pyridine rings is 1. The Balaban J connectivity index is 3.09. The van der Waals surface area contributed by atoms with Gasteiger partial charge in [-0.3, -0.25) is 4.79 Å². The highest BCUT2D eigenvalue weighted by molar-refractivity contribution is 9.10. The van der Waals surface area contributed by atoms with Crippen LogP contribution in [0.3, 0.4) is 0 Å². The van der Waals surface area contributed by atoms with Gasteiger partial charge >= 0.3 is 5.97 Å². The summed E-state index contributed by atoms with van der Waals surface area (Å²) in [6.45, 7) is 6.06. The Morgan fingerprint density at radius 3 is 2.72 bits per heavy atom. The summed E-state index contributed by atoms with van der Waals surface area (Å²) in [5, 5.41) is 0. The fourth-order valence-corrected chi connectivity index (χ4v) is 2.27. The van der Waals surface area contributed by atoms with Gasteiger partial charge in [0.2, 0.25) is 0 Å². The molecule has 1 atom stereocenters. The van der Waals surface area contributed by atoms with E-state index in [-0.39, 0.29) is 11.5 Å². The van der Waals surface area contributed by atoms with Gasteiger partial charge in [-0.1, -0.05) is 13.8 Å². The van der Waals surface area contributed by atoms with E-state index in [1.165, 1.54) is 4.57 Å². The molecular formula is C13H18BrNO3. The highest BCUT2D eigenvalue weighted by Crippen LogP contribution is 2.15. The maximum Gasteiger partial charge on any atom is 0.329 e.